The minimum Gasteiger partial charge on any atom is -0.495 e. The van der Waals surface area contributed by atoms with E-state index in [1.54, 1.807) is 24.3 Å². The van der Waals surface area contributed by atoms with E-state index in [1.165, 1.54) is 19.4 Å². The molecule has 1 aliphatic heterocycles. The molecule has 2 atom stereocenters. The van der Waals surface area contributed by atoms with Crippen LogP contribution in [0.3, 0.4) is 0 Å². The van der Waals surface area contributed by atoms with Crippen LogP contribution in [0, 0.1) is 5.82 Å². The van der Waals surface area contributed by atoms with Gasteiger partial charge in [-0.05, 0) is 37.1 Å². The lowest BCUT2D eigenvalue weighted by Gasteiger charge is -2.38. The Morgan fingerprint density at radius 3 is 2.83 bits per heavy atom. The first-order valence-corrected chi connectivity index (χ1v) is 10.2. The molecule has 30 heavy (non-hydrogen) atoms. The van der Waals surface area contributed by atoms with Gasteiger partial charge in [0.2, 0.25) is 0 Å². The monoisotopic (exact) mass is 436 g/mol. The van der Waals surface area contributed by atoms with E-state index in [-0.39, 0.29) is 24.6 Å². The van der Waals surface area contributed by atoms with Gasteiger partial charge in [0.25, 0.3) is 0 Å². The van der Waals surface area contributed by atoms with Crippen LogP contribution in [-0.2, 0) is 0 Å². The molecule has 1 fully saturated rings. The number of piperidine rings is 1. The summed E-state index contributed by atoms with van der Waals surface area (Å²) in [5.41, 5.74) is 0.906. The fourth-order valence-corrected chi connectivity index (χ4v) is 3.78. The molecule has 1 aromatic carbocycles. The van der Waals surface area contributed by atoms with Gasteiger partial charge in [-0.3, -0.25) is 4.98 Å². The molecule has 0 unspecified atom stereocenters. The lowest BCUT2D eigenvalue weighted by atomic mass is 9.88. The highest BCUT2D eigenvalue weighted by Crippen LogP contribution is 2.29. The minimum atomic E-state index is -0.465. The predicted molar refractivity (Wildman–Crippen MR) is 114 cm³/mol. The molecular formula is C21H26ClFN4O3. The van der Waals surface area contributed by atoms with E-state index in [1.807, 2.05) is 0 Å². The second-order valence-corrected chi connectivity index (χ2v) is 7.66. The summed E-state index contributed by atoms with van der Waals surface area (Å²) in [7, 11) is 1.46. The number of anilines is 1. The number of carbonyl (C=O) groups excluding carboxylic acids is 1. The zero-order chi connectivity index (χ0) is 21.5. The van der Waals surface area contributed by atoms with Crippen LogP contribution in [-0.4, -0.2) is 60.4 Å². The number of pyridine rings is 1. The van der Waals surface area contributed by atoms with E-state index < -0.39 is 5.82 Å². The number of urea groups is 1. The number of aromatic nitrogens is 1. The normalized spacial score (nSPS) is 19.3. The van der Waals surface area contributed by atoms with Gasteiger partial charge in [0.05, 0.1) is 19.0 Å². The van der Waals surface area contributed by atoms with Gasteiger partial charge in [0.15, 0.2) is 0 Å². The average Bonchev–Trinajstić information content (AvgIpc) is 2.74. The van der Waals surface area contributed by atoms with Crippen molar-refractivity contribution in [3.63, 3.8) is 0 Å². The summed E-state index contributed by atoms with van der Waals surface area (Å²) in [6.07, 6.45) is 2.76. The van der Waals surface area contributed by atoms with Crippen molar-refractivity contribution in [1.29, 1.82) is 0 Å². The van der Waals surface area contributed by atoms with Crippen molar-refractivity contribution in [2.24, 2.45) is 0 Å². The van der Waals surface area contributed by atoms with Gasteiger partial charge in [-0.15, -0.1) is 0 Å². The van der Waals surface area contributed by atoms with Crippen molar-refractivity contribution in [2.75, 3.05) is 38.7 Å². The molecule has 9 heteroatoms. The maximum atomic E-state index is 14.8. The highest BCUT2D eigenvalue weighted by atomic mass is 35.5. The number of amides is 2. The van der Waals surface area contributed by atoms with Gasteiger partial charge in [-0.1, -0.05) is 11.6 Å². The van der Waals surface area contributed by atoms with Gasteiger partial charge in [-0.2, -0.15) is 0 Å². The quantitative estimate of drug-likeness (QED) is 0.620. The summed E-state index contributed by atoms with van der Waals surface area (Å²) in [5, 5.41) is 15.4. The molecular weight excluding hydrogens is 411 g/mol. The van der Waals surface area contributed by atoms with E-state index in [9.17, 15) is 9.18 Å². The summed E-state index contributed by atoms with van der Waals surface area (Å²) in [6.45, 7) is 2.07. The van der Waals surface area contributed by atoms with Crippen molar-refractivity contribution in [3.05, 3.63) is 53.1 Å². The molecule has 2 aromatic rings. The number of aliphatic hydroxyl groups is 1. The van der Waals surface area contributed by atoms with Gasteiger partial charge < -0.3 is 25.4 Å². The third-order valence-corrected chi connectivity index (χ3v) is 5.43. The van der Waals surface area contributed by atoms with Crippen LogP contribution in [0.4, 0.5) is 14.9 Å². The first-order valence-electron chi connectivity index (χ1n) is 9.86. The molecule has 7 nitrogen and oxygen atoms in total. The number of aliphatic hydroxyl groups excluding tert-OH is 1. The van der Waals surface area contributed by atoms with E-state index >= 15 is 0 Å². The summed E-state index contributed by atoms with van der Waals surface area (Å²) in [6, 6.07) is 7.44. The molecule has 3 rings (SSSR count). The number of carbonyl (C=O) groups is 1. The molecule has 0 saturated carbocycles. The second kappa shape index (κ2) is 10.6. The molecule has 1 saturated heterocycles. The number of likely N-dealkylation sites (tertiary alicyclic amines) is 1. The number of rotatable bonds is 7. The molecule has 3 N–H and O–H groups in total. The van der Waals surface area contributed by atoms with Crippen LogP contribution in [0.5, 0.6) is 5.75 Å². The Kier molecular flexibility index (Phi) is 7.84. The molecule has 2 amide bonds. The fraction of sp³-hybridized carbons (Fsp3) is 0.429. The molecule has 0 bridgehead atoms. The maximum absolute atomic E-state index is 14.8. The third kappa shape index (κ3) is 5.81. The number of halogens is 2. The number of hydrogen-bond donors (Lipinski definition) is 3. The van der Waals surface area contributed by atoms with Crippen LogP contribution in [0.25, 0.3) is 0 Å². The molecule has 1 aliphatic rings. The topological polar surface area (TPSA) is 86.7 Å². The molecule has 1 aromatic heterocycles. The van der Waals surface area contributed by atoms with E-state index in [0.29, 0.717) is 48.1 Å². The van der Waals surface area contributed by atoms with Gasteiger partial charge in [-0.25, -0.2) is 9.18 Å². The van der Waals surface area contributed by atoms with Gasteiger partial charge in [0, 0.05) is 55.0 Å². The van der Waals surface area contributed by atoms with E-state index in [2.05, 4.69) is 20.5 Å². The average molecular weight is 437 g/mol. The maximum Gasteiger partial charge on any atom is 0.319 e. The fourth-order valence-electron chi connectivity index (χ4n) is 3.65. The Bertz CT molecular complexity index is 853. The number of nitrogens with zero attached hydrogens (tertiary/aromatic N) is 2. The second-order valence-electron chi connectivity index (χ2n) is 7.23. The first-order chi connectivity index (χ1) is 14.5. The van der Waals surface area contributed by atoms with Crippen molar-refractivity contribution < 1.29 is 19.0 Å². The Hall–Kier alpha value is -2.42. The zero-order valence-electron chi connectivity index (χ0n) is 16.8. The number of benzene rings is 1. The van der Waals surface area contributed by atoms with Crippen LogP contribution in [0.15, 0.2) is 36.5 Å². The predicted octanol–water partition coefficient (Wildman–Crippen LogP) is 3.24. The summed E-state index contributed by atoms with van der Waals surface area (Å²) >= 11 is 5.88. The molecule has 162 valence electrons. The summed E-state index contributed by atoms with van der Waals surface area (Å²) in [4.78, 5) is 19.0. The Morgan fingerprint density at radius 1 is 1.40 bits per heavy atom. The molecule has 2 heterocycles. The van der Waals surface area contributed by atoms with E-state index in [0.717, 1.165) is 6.54 Å². The smallest absolute Gasteiger partial charge is 0.319 e. The van der Waals surface area contributed by atoms with Crippen molar-refractivity contribution in [2.45, 2.75) is 24.8 Å². The van der Waals surface area contributed by atoms with Crippen LogP contribution >= 0.6 is 11.6 Å². The van der Waals surface area contributed by atoms with Crippen LogP contribution in [0.2, 0.25) is 5.02 Å². The van der Waals surface area contributed by atoms with Crippen molar-refractivity contribution in [3.8, 4) is 5.75 Å². The number of methoxy groups -OCH3 is 1. The SMILES string of the molecule is COc1cnc([C@@H]2CN(CCCO)CC[C@H]2NC(=O)Nc2ccc(Cl)cc2)c(F)c1. The van der Waals surface area contributed by atoms with E-state index in [4.69, 9.17) is 21.4 Å². The number of hydrogen-bond acceptors (Lipinski definition) is 5. The van der Waals surface area contributed by atoms with Crippen molar-refractivity contribution in [1.82, 2.24) is 15.2 Å². The van der Waals surface area contributed by atoms with Gasteiger partial charge >= 0.3 is 6.03 Å². The largest absolute Gasteiger partial charge is 0.495 e. The van der Waals surface area contributed by atoms with Crippen LogP contribution in [0.1, 0.15) is 24.5 Å². The molecule has 0 spiro atoms. The Labute approximate surface area is 180 Å². The first kappa shape index (κ1) is 22.3. The molecule has 0 aliphatic carbocycles. The lowest BCUT2D eigenvalue weighted by molar-refractivity contribution is 0.157. The van der Waals surface area contributed by atoms with Crippen molar-refractivity contribution >= 4 is 23.3 Å². The Morgan fingerprint density at radius 2 is 2.17 bits per heavy atom. The van der Waals surface area contributed by atoms with Gasteiger partial charge in [0.1, 0.15) is 11.6 Å². The highest BCUT2D eigenvalue weighted by molar-refractivity contribution is 6.30. The minimum absolute atomic E-state index is 0.0987. The van der Waals surface area contributed by atoms with Crippen LogP contribution < -0.4 is 15.4 Å². The number of nitrogens with one attached hydrogen (secondary N) is 2. The summed E-state index contributed by atoms with van der Waals surface area (Å²) in [5.74, 6) is -0.457. The zero-order valence-corrected chi connectivity index (χ0v) is 17.5. The molecule has 0 radical (unpaired) electrons. The third-order valence-electron chi connectivity index (χ3n) is 5.18. The lowest BCUT2D eigenvalue weighted by Crippen LogP contribution is -2.51. The summed E-state index contributed by atoms with van der Waals surface area (Å²) < 4.78 is 19.8. The highest BCUT2D eigenvalue weighted by Gasteiger charge is 2.34. The Balaban J connectivity index is 1.74. The number of ether oxygens (including phenoxy) is 1. The standard InChI is InChI=1S/C21H26ClFN4O3/c1-30-16-11-18(23)20(24-12-16)17-13-27(8-2-10-28)9-7-19(17)26-21(29)25-15-5-3-14(22)4-6-15/h3-6,11-12,17,19,28H,2,7-10,13H2,1H3,(H2,25,26,29)/t17-,19-/m1/s1.